The van der Waals surface area contributed by atoms with Crippen LogP contribution in [0.3, 0.4) is 0 Å². The zero-order chi connectivity index (χ0) is 14.2. The SMILES string of the molecule is N#[C][Fe-3]([C]#N)([C]#N)([C]#N)([C]#N)[C]#N.[K+].[K+].[K+].[K+].[KH].[O-][Cl+2]([O-])[O-]. The van der Waals surface area contributed by atoms with Gasteiger partial charge in [0, 0.05) is 0 Å². The molecule has 0 aliphatic heterocycles. The van der Waals surface area contributed by atoms with Gasteiger partial charge in [-0.15, -0.1) is 0 Å². The topological polar surface area (TPSA) is 212 Å². The minimum atomic E-state index is -6.17. The monoisotopic (exact) mass is 491 g/mol. The minimum absolute atomic E-state index is 0. The Kier molecular flexibility index (Phi) is 42.2. The van der Waals surface area contributed by atoms with Gasteiger partial charge in [-0.05, 0) is 0 Å². The van der Waals surface area contributed by atoms with Gasteiger partial charge < -0.3 is 14.0 Å². The zero-order valence-electron chi connectivity index (χ0n) is 11.6. The van der Waals surface area contributed by atoms with Crippen LogP contribution in [0.15, 0.2) is 0 Å². The normalized spacial score (nSPS) is 9.55. The van der Waals surface area contributed by atoms with Crippen molar-refractivity contribution in [3.63, 3.8) is 0 Å². The summed E-state index contributed by atoms with van der Waals surface area (Å²) in [5, 5.41) is 51.5. The van der Waals surface area contributed by atoms with Gasteiger partial charge in [0.15, 0.2) is 0 Å². The third-order valence-electron chi connectivity index (χ3n) is 1.19. The number of hydrogen-bond donors (Lipinski definition) is 0. The Balaban J connectivity index is -0.0000000450. The van der Waals surface area contributed by atoms with E-state index in [9.17, 15) is 0 Å². The first-order valence-electron chi connectivity index (χ1n) is 2.87. The Hall–Kier alpha value is 5.81. The molecule has 0 rings (SSSR count). The fourth-order valence-electron chi connectivity index (χ4n) is 0.265. The Morgan fingerprint density at radius 2 is 0.636 bits per heavy atom. The second-order valence-corrected chi connectivity index (χ2v) is 7.99. The van der Waals surface area contributed by atoms with Crippen molar-refractivity contribution in [2.24, 2.45) is 0 Å². The third kappa shape index (κ3) is 12.4. The quantitative estimate of drug-likeness (QED) is 0.294. The van der Waals surface area contributed by atoms with E-state index in [2.05, 4.69) is 0 Å². The van der Waals surface area contributed by atoms with Crippen LogP contribution in [-0.2, 0) is 10.7 Å². The van der Waals surface area contributed by atoms with E-state index < -0.39 is 21.5 Å². The van der Waals surface area contributed by atoms with Crippen molar-refractivity contribution in [3.8, 4) is 29.8 Å². The molecule has 0 radical (unpaired) electrons. The number of halogens is 1. The van der Waals surface area contributed by atoms with Crippen LogP contribution in [0.25, 0.3) is 0 Å². The average Bonchev–Trinajstić information content (AvgIpc) is 2.36. The molecule has 9 nitrogen and oxygen atoms in total. The summed E-state index contributed by atoms with van der Waals surface area (Å²) in [5.74, 6) is 0. The molecule has 0 saturated heterocycles. The van der Waals surface area contributed by atoms with E-state index in [-0.39, 0.29) is 257 Å². The number of hydrogen-bond acceptors (Lipinski definition) is 9. The predicted molar refractivity (Wildman–Crippen MR) is 40.8 cm³/mol. The standard InChI is InChI=1S/6CN.ClO3.Fe.5K.H/c6*1-2;2-1(3)4;;;;;;;/q;;;;;;-1;-3;;4*+1;. The molecule has 0 aromatic heterocycles. The van der Waals surface area contributed by atoms with E-state index in [1.807, 2.05) is 0 Å². The molecule has 0 aliphatic carbocycles. The van der Waals surface area contributed by atoms with Gasteiger partial charge in [0.25, 0.3) is 0 Å². The van der Waals surface area contributed by atoms with Crippen molar-refractivity contribution < 1.29 is 241 Å². The van der Waals surface area contributed by atoms with Crippen LogP contribution in [0.4, 0.5) is 0 Å². The average molecular weight is 492 g/mol. The summed E-state index contributed by atoms with van der Waals surface area (Å²) >= 11 is 0. The van der Waals surface area contributed by atoms with Crippen molar-refractivity contribution >= 4 is 51.4 Å². The van der Waals surface area contributed by atoms with Crippen LogP contribution in [0.1, 0.15) is 0 Å². The van der Waals surface area contributed by atoms with E-state index in [1.54, 1.807) is 0 Å². The Morgan fingerprint density at radius 3 is 0.636 bits per heavy atom. The maximum absolute atomic E-state index is 8.58. The molecule has 0 amide bonds. The first kappa shape index (κ1) is 46.2. The van der Waals surface area contributed by atoms with Gasteiger partial charge in [0.05, 0.1) is 10.8 Å². The molecule has 0 atom stereocenters. The minimum Gasteiger partial charge on any atom is -0.357 e. The van der Waals surface area contributed by atoms with E-state index in [1.165, 1.54) is 0 Å². The first-order chi connectivity index (χ1) is 7.71. The maximum atomic E-state index is 8.58. The van der Waals surface area contributed by atoms with Crippen LogP contribution in [0.2, 0.25) is 0 Å². The van der Waals surface area contributed by atoms with Gasteiger partial charge in [0.1, 0.15) is 0 Å². The Morgan fingerprint density at radius 1 is 0.545 bits per heavy atom. The van der Waals surface area contributed by atoms with Crippen LogP contribution >= 0.6 is 0 Å². The van der Waals surface area contributed by atoms with Gasteiger partial charge >= 0.3 is 329 Å². The third-order valence-corrected chi connectivity index (χ3v) is 4.89. The van der Waals surface area contributed by atoms with Gasteiger partial charge in [-0.25, -0.2) is 0 Å². The van der Waals surface area contributed by atoms with Crippen LogP contribution < -0.4 is 220 Å². The van der Waals surface area contributed by atoms with Gasteiger partial charge in [-0.2, -0.15) is 0 Å². The van der Waals surface area contributed by atoms with E-state index in [0.717, 1.165) is 29.8 Å². The summed E-state index contributed by atoms with van der Waals surface area (Å²) in [6, 6.07) is 0. The predicted octanol–water partition coefficient (Wildman–Crippen LogP) is -16.1. The molecule has 0 saturated carbocycles. The number of rotatable bonds is 0. The van der Waals surface area contributed by atoms with Crippen molar-refractivity contribution in [2.45, 2.75) is 0 Å². The molecule has 0 fully saturated rings. The summed E-state index contributed by atoms with van der Waals surface area (Å²) in [4.78, 5) is 6.19. The Bertz CT molecular complexity index is 459. The van der Waals surface area contributed by atoms with Crippen molar-refractivity contribution in [1.29, 1.82) is 31.6 Å². The summed E-state index contributed by atoms with van der Waals surface area (Å²) in [7, 11) is -9.02. The largest absolute Gasteiger partial charge is 0.357 e. The van der Waals surface area contributed by atoms with Gasteiger partial charge in [-0.1, -0.05) is 0 Å². The molecule has 22 heavy (non-hydrogen) atoms. The fraction of sp³-hybridized carbons (Fsp3) is 0. The van der Waals surface area contributed by atoms with Crippen LogP contribution in [0.5, 0.6) is 0 Å². The number of nitrogens with zero attached hydrogens (tertiary/aromatic N) is 6. The smallest absolute Gasteiger partial charge is 0.0695 e. The first-order valence-corrected chi connectivity index (χ1v) is 7.10. The molecule has 0 aromatic carbocycles. The molecule has 0 aliphatic rings. The molecule has 0 aromatic rings. The summed E-state index contributed by atoms with van der Waals surface area (Å²) in [6.07, 6.45) is 0. The summed E-state index contributed by atoms with van der Waals surface area (Å²) in [6.45, 7) is 0. The molecule has 0 unspecified atom stereocenters. The fourth-order valence-corrected chi connectivity index (χ4v) is 1.09. The van der Waals surface area contributed by atoms with Crippen molar-refractivity contribution in [2.75, 3.05) is 0 Å². The molecule has 0 N–H and O–H groups in total. The second kappa shape index (κ2) is 20.1. The molecule has 16 heteroatoms. The summed E-state index contributed by atoms with van der Waals surface area (Å²) < 4.78 is 25.2. The molecular weight excluding hydrogens is 491 g/mol. The number of nitriles is 6. The Labute approximate surface area is 342 Å². The molecular formula is C6HClFeK5N6O3. The molecule has 0 heterocycles. The van der Waals surface area contributed by atoms with Crippen LogP contribution in [-0.4, -0.2) is 51.4 Å². The van der Waals surface area contributed by atoms with E-state index in [4.69, 9.17) is 45.5 Å². The molecule has 93 valence electrons. The summed E-state index contributed by atoms with van der Waals surface area (Å²) in [5.41, 5.74) is 0. The molecule has 0 spiro atoms. The van der Waals surface area contributed by atoms with Gasteiger partial charge in [-0.3, -0.25) is 0 Å². The van der Waals surface area contributed by atoms with E-state index >= 15 is 0 Å². The second-order valence-electron chi connectivity index (χ2n) is 1.99. The van der Waals surface area contributed by atoms with Crippen LogP contribution in [0, 0.1) is 72.2 Å². The van der Waals surface area contributed by atoms with E-state index in [0.29, 0.717) is 0 Å². The maximum Gasteiger partial charge on any atom is 0.0695 e. The van der Waals surface area contributed by atoms with Gasteiger partial charge in [0.2, 0.25) is 0 Å². The zero-order valence-corrected chi connectivity index (χ0v) is 26.0. The van der Waals surface area contributed by atoms with Crippen molar-refractivity contribution in [1.82, 2.24) is 0 Å². The van der Waals surface area contributed by atoms with Crippen molar-refractivity contribution in [3.05, 3.63) is 0 Å². The molecule has 0 bridgehead atoms.